The van der Waals surface area contributed by atoms with E-state index in [1.54, 1.807) is 0 Å². The predicted molar refractivity (Wildman–Crippen MR) is 72.7 cm³/mol. The molecule has 0 unspecified atom stereocenters. The SMILES string of the molecule is Cc1ccc(CC2(C(=O)O)CCCCCC2)cc1. The Bertz CT molecular complexity index is 398. The van der Waals surface area contributed by atoms with Crippen molar-refractivity contribution in [3.8, 4) is 0 Å². The van der Waals surface area contributed by atoms with Crippen molar-refractivity contribution in [3.05, 3.63) is 35.4 Å². The van der Waals surface area contributed by atoms with Gasteiger partial charge in [-0.2, -0.15) is 0 Å². The lowest BCUT2D eigenvalue weighted by Crippen LogP contribution is -2.32. The Labute approximate surface area is 109 Å². The number of carbonyl (C=O) groups is 1. The maximum atomic E-state index is 11.7. The average molecular weight is 246 g/mol. The fraction of sp³-hybridized carbons (Fsp3) is 0.562. The highest BCUT2D eigenvalue weighted by molar-refractivity contribution is 5.75. The van der Waals surface area contributed by atoms with E-state index in [0.717, 1.165) is 31.2 Å². The number of hydrogen-bond donors (Lipinski definition) is 1. The van der Waals surface area contributed by atoms with Crippen LogP contribution >= 0.6 is 0 Å². The van der Waals surface area contributed by atoms with Gasteiger partial charge in [-0.25, -0.2) is 0 Å². The quantitative estimate of drug-likeness (QED) is 0.819. The number of aliphatic carboxylic acids is 1. The van der Waals surface area contributed by atoms with Crippen LogP contribution < -0.4 is 0 Å². The summed E-state index contributed by atoms with van der Waals surface area (Å²) >= 11 is 0. The summed E-state index contributed by atoms with van der Waals surface area (Å²) in [5, 5.41) is 9.63. The number of benzene rings is 1. The van der Waals surface area contributed by atoms with Gasteiger partial charge in [0.25, 0.3) is 0 Å². The number of rotatable bonds is 3. The number of hydrogen-bond acceptors (Lipinski definition) is 1. The molecule has 0 heterocycles. The Morgan fingerprint density at radius 1 is 1.11 bits per heavy atom. The smallest absolute Gasteiger partial charge is 0.309 e. The molecule has 18 heavy (non-hydrogen) atoms. The van der Waals surface area contributed by atoms with Gasteiger partial charge in [-0.1, -0.05) is 55.5 Å². The van der Waals surface area contributed by atoms with E-state index in [0.29, 0.717) is 6.42 Å². The van der Waals surface area contributed by atoms with Crippen molar-refractivity contribution in [2.24, 2.45) is 5.41 Å². The first kappa shape index (κ1) is 13.1. The van der Waals surface area contributed by atoms with Gasteiger partial charge in [0.15, 0.2) is 0 Å². The summed E-state index contributed by atoms with van der Waals surface area (Å²) in [6.07, 6.45) is 6.82. The molecule has 0 aromatic heterocycles. The van der Waals surface area contributed by atoms with E-state index < -0.39 is 11.4 Å². The molecule has 0 aliphatic heterocycles. The second-order valence-electron chi connectivity index (χ2n) is 5.66. The Morgan fingerprint density at radius 2 is 1.67 bits per heavy atom. The lowest BCUT2D eigenvalue weighted by atomic mass is 9.75. The van der Waals surface area contributed by atoms with Gasteiger partial charge in [0.2, 0.25) is 0 Å². The highest BCUT2D eigenvalue weighted by atomic mass is 16.4. The maximum Gasteiger partial charge on any atom is 0.309 e. The van der Waals surface area contributed by atoms with Crippen molar-refractivity contribution in [1.82, 2.24) is 0 Å². The Kier molecular flexibility index (Phi) is 4.05. The summed E-state index contributed by atoms with van der Waals surface area (Å²) in [6.45, 7) is 2.06. The van der Waals surface area contributed by atoms with Gasteiger partial charge in [-0.15, -0.1) is 0 Å². The van der Waals surface area contributed by atoms with Crippen LogP contribution in [0.25, 0.3) is 0 Å². The monoisotopic (exact) mass is 246 g/mol. The molecule has 1 aromatic carbocycles. The molecule has 0 radical (unpaired) electrons. The van der Waals surface area contributed by atoms with Crippen LogP contribution in [-0.4, -0.2) is 11.1 Å². The molecule has 2 nitrogen and oxygen atoms in total. The summed E-state index contributed by atoms with van der Waals surface area (Å²) < 4.78 is 0. The van der Waals surface area contributed by atoms with Crippen molar-refractivity contribution in [3.63, 3.8) is 0 Å². The topological polar surface area (TPSA) is 37.3 Å². The molecular weight excluding hydrogens is 224 g/mol. The minimum absolute atomic E-state index is 0.522. The first-order valence-electron chi connectivity index (χ1n) is 6.91. The second kappa shape index (κ2) is 5.55. The first-order valence-corrected chi connectivity index (χ1v) is 6.91. The molecule has 0 amide bonds. The first-order chi connectivity index (χ1) is 8.62. The third kappa shape index (κ3) is 2.92. The second-order valence-corrected chi connectivity index (χ2v) is 5.66. The van der Waals surface area contributed by atoms with E-state index in [9.17, 15) is 9.90 Å². The van der Waals surface area contributed by atoms with Crippen LogP contribution in [0, 0.1) is 12.3 Å². The van der Waals surface area contributed by atoms with Crippen molar-refractivity contribution in [2.75, 3.05) is 0 Å². The molecule has 1 aliphatic carbocycles. The fourth-order valence-electron chi connectivity index (χ4n) is 2.97. The Balaban J connectivity index is 2.19. The van der Waals surface area contributed by atoms with Crippen LogP contribution in [0.2, 0.25) is 0 Å². The zero-order chi connectivity index (χ0) is 13.0. The lowest BCUT2D eigenvalue weighted by molar-refractivity contribution is -0.149. The zero-order valence-electron chi connectivity index (χ0n) is 11.1. The predicted octanol–water partition coefficient (Wildman–Crippen LogP) is 3.96. The van der Waals surface area contributed by atoms with Crippen molar-refractivity contribution >= 4 is 5.97 Å². The maximum absolute atomic E-state index is 11.7. The molecule has 2 rings (SSSR count). The minimum Gasteiger partial charge on any atom is -0.481 e. The van der Waals surface area contributed by atoms with Gasteiger partial charge >= 0.3 is 5.97 Å². The van der Waals surface area contributed by atoms with Gasteiger partial charge in [-0.3, -0.25) is 4.79 Å². The average Bonchev–Trinajstić information content (AvgIpc) is 2.59. The molecule has 1 aliphatic rings. The number of aryl methyl sites for hydroxylation is 1. The van der Waals surface area contributed by atoms with Crippen LogP contribution in [0.5, 0.6) is 0 Å². The van der Waals surface area contributed by atoms with E-state index in [2.05, 4.69) is 31.2 Å². The Morgan fingerprint density at radius 3 is 2.17 bits per heavy atom. The fourth-order valence-corrected chi connectivity index (χ4v) is 2.97. The Hall–Kier alpha value is -1.31. The van der Waals surface area contributed by atoms with E-state index >= 15 is 0 Å². The normalized spacial score (nSPS) is 19.2. The van der Waals surface area contributed by atoms with Gasteiger partial charge in [0.05, 0.1) is 5.41 Å². The summed E-state index contributed by atoms with van der Waals surface area (Å²) in [5.74, 6) is -0.607. The van der Waals surface area contributed by atoms with E-state index in [4.69, 9.17) is 0 Å². The zero-order valence-corrected chi connectivity index (χ0v) is 11.1. The highest BCUT2D eigenvalue weighted by Gasteiger charge is 2.38. The van der Waals surface area contributed by atoms with Crippen LogP contribution in [0.15, 0.2) is 24.3 Å². The molecule has 1 N–H and O–H groups in total. The van der Waals surface area contributed by atoms with Gasteiger partial charge in [0.1, 0.15) is 0 Å². The van der Waals surface area contributed by atoms with E-state index in [-0.39, 0.29) is 0 Å². The molecule has 1 saturated carbocycles. The summed E-state index contributed by atoms with van der Waals surface area (Å²) in [6, 6.07) is 8.29. The largest absolute Gasteiger partial charge is 0.481 e. The number of carboxylic acids is 1. The summed E-state index contributed by atoms with van der Waals surface area (Å²) in [4.78, 5) is 11.7. The van der Waals surface area contributed by atoms with Crippen LogP contribution in [0.4, 0.5) is 0 Å². The molecule has 0 bridgehead atoms. The molecule has 2 heteroatoms. The molecule has 1 aromatic rings. The lowest BCUT2D eigenvalue weighted by Gasteiger charge is -2.28. The molecule has 0 spiro atoms. The number of carboxylic acid groups (broad SMARTS) is 1. The molecule has 0 atom stereocenters. The third-order valence-corrected chi connectivity index (χ3v) is 4.18. The summed E-state index contributed by atoms with van der Waals surface area (Å²) in [7, 11) is 0. The van der Waals surface area contributed by atoms with Crippen molar-refractivity contribution in [1.29, 1.82) is 0 Å². The standard InChI is InChI=1S/C16H22O2/c1-13-6-8-14(9-7-13)12-16(15(17)18)10-4-2-3-5-11-16/h6-9H,2-5,10-12H2,1H3,(H,17,18). The third-order valence-electron chi connectivity index (χ3n) is 4.18. The van der Waals surface area contributed by atoms with Crippen molar-refractivity contribution < 1.29 is 9.90 Å². The van der Waals surface area contributed by atoms with Gasteiger partial charge in [0, 0.05) is 0 Å². The molecule has 98 valence electrons. The van der Waals surface area contributed by atoms with E-state index in [1.807, 2.05) is 0 Å². The molecular formula is C16H22O2. The van der Waals surface area contributed by atoms with Crippen LogP contribution in [0.3, 0.4) is 0 Å². The highest BCUT2D eigenvalue weighted by Crippen LogP contribution is 2.38. The summed E-state index contributed by atoms with van der Waals surface area (Å²) in [5.41, 5.74) is 1.86. The van der Waals surface area contributed by atoms with Gasteiger partial charge in [-0.05, 0) is 31.7 Å². The molecule has 0 saturated heterocycles. The van der Waals surface area contributed by atoms with Crippen LogP contribution in [0.1, 0.15) is 49.7 Å². The van der Waals surface area contributed by atoms with Crippen molar-refractivity contribution in [2.45, 2.75) is 51.9 Å². The molecule has 1 fully saturated rings. The van der Waals surface area contributed by atoms with Crippen LogP contribution in [-0.2, 0) is 11.2 Å². The van der Waals surface area contributed by atoms with Gasteiger partial charge < -0.3 is 5.11 Å². The van der Waals surface area contributed by atoms with E-state index in [1.165, 1.54) is 18.4 Å². The minimum atomic E-state index is -0.607.